The first kappa shape index (κ1) is 19.9. The molecule has 0 saturated heterocycles. The summed E-state index contributed by atoms with van der Waals surface area (Å²) >= 11 is 1.62. The number of furan rings is 1. The highest BCUT2D eigenvalue weighted by Crippen LogP contribution is 2.28. The van der Waals surface area contributed by atoms with Crippen molar-refractivity contribution < 1.29 is 18.7 Å². The van der Waals surface area contributed by atoms with E-state index in [2.05, 4.69) is 5.32 Å². The molecule has 2 aromatic rings. The predicted octanol–water partition coefficient (Wildman–Crippen LogP) is 3.18. The zero-order valence-corrected chi connectivity index (χ0v) is 16.1. The molecule has 0 fully saturated rings. The largest absolute Gasteiger partial charge is 0.496 e. The third kappa shape index (κ3) is 5.56. The summed E-state index contributed by atoms with van der Waals surface area (Å²) in [7, 11) is 3.42. The number of amides is 2. The number of nitrogens with one attached hydrogen (secondary N) is 1. The Labute approximate surface area is 157 Å². The van der Waals surface area contributed by atoms with Crippen molar-refractivity contribution in [3.8, 4) is 5.75 Å². The highest BCUT2D eigenvalue weighted by atomic mass is 32.2. The minimum absolute atomic E-state index is 0.0326. The number of carbonyl (C=O) groups is 2. The minimum atomic E-state index is -0.267. The van der Waals surface area contributed by atoms with E-state index in [0.717, 1.165) is 16.2 Å². The first-order valence-corrected chi connectivity index (χ1v) is 9.54. The second-order valence-corrected chi connectivity index (χ2v) is 6.62. The molecule has 0 spiro atoms. The van der Waals surface area contributed by atoms with Gasteiger partial charge in [-0.25, -0.2) is 0 Å². The van der Waals surface area contributed by atoms with Crippen LogP contribution in [0.5, 0.6) is 5.75 Å². The van der Waals surface area contributed by atoms with Crippen LogP contribution < -0.4 is 10.1 Å². The molecular weight excluding hydrogens is 352 g/mol. The normalized spacial score (nSPS) is 10.4. The number of ether oxygens (including phenoxy) is 1. The van der Waals surface area contributed by atoms with E-state index < -0.39 is 0 Å². The second-order valence-electron chi connectivity index (χ2n) is 5.78. The van der Waals surface area contributed by atoms with Crippen LogP contribution in [0.4, 0.5) is 0 Å². The van der Waals surface area contributed by atoms with E-state index in [1.54, 1.807) is 43.0 Å². The molecule has 0 aliphatic carbocycles. The van der Waals surface area contributed by atoms with Gasteiger partial charge in [0.05, 0.1) is 13.4 Å². The second kappa shape index (κ2) is 9.91. The van der Waals surface area contributed by atoms with Crippen LogP contribution >= 0.6 is 11.8 Å². The van der Waals surface area contributed by atoms with Crippen molar-refractivity contribution in [1.29, 1.82) is 0 Å². The average Bonchev–Trinajstić information content (AvgIpc) is 3.19. The van der Waals surface area contributed by atoms with E-state index in [-0.39, 0.29) is 17.6 Å². The van der Waals surface area contributed by atoms with E-state index in [4.69, 9.17) is 9.15 Å². The van der Waals surface area contributed by atoms with Crippen molar-refractivity contribution in [3.63, 3.8) is 0 Å². The van der Waals surface area contributed by atoms with Gasteiger partial charge in [0, 0.05) is 31.5 Å². The molecule has 2 rings (SSSR count). The van der Waals surface area contributed by atoms with Gasteiger partial charge in [-0.15, -0.1) is 11.8 Å². The number of hydrogen-bond donors (Lipinski definition) is 1. The highest BCUT2D eigenvalue weighted by molar-refractivity contribution is 7.98. The number of methoxy groups -OCH3 is 1. The molecule has 0 bridgehead atoms. The molecule has 2 amide bonds. The summed E-state index contributed by atoms with van der Waals surface area (Å²) in [5, 5.41) is 2.73. The summed E-state index contributed by atoms with van der Waals surface area (Å²) < 4.78 is 10.4. The highest BCUT2D eigenvalue weighted by Gasteiger charge is 2.12. The first-order valence-electron chi connectivity index (χ1n) is 8.31. The molecule has 1 N–H and O–H groups in total. The number of thioether (sulfide) groups is 1. The maximum Gasteiger partial charge on any atom is 0.286 e. The number of rotatable bonds is 9. The Hall–Kier alpha value is -2.41. The molecular formula is C19H24N2O4S. The van der Waals surface area contributed by atoms with Crippen LogP contribution in [0.15, 0.2) is 45.9 Å². The van der Waals surface area contributed by atoms with Gasteiger partial charge in [0.2, 0.25) is 5.91 Å². The lowest BCUT2D eigenvalue weighted by Gasteiger charge is -2.18. The Bertz CT molecular complexity index is 731. The Morgan fingerprint density at radius 1 is 1.31 bits per heavy atom. The summed E-state index contributed by atoms with van der Waals surface area (Å²) in [5.41, 5.74) is 1.02. The molecule has 0 aliphatic rings. The van der Waals surface area contributed by atoms with E-state index in [1.165, 1.54) is 6.26 Å². The Kier molecular flexibility index (Phi) is 7.59. The quantitative estimate of drug-likeness (QED) is 0.538. The van der Waals surface area contributed by atoms with Crippen LogP contribution in [0.25, 0.3) is 0 Å². The predicted molar refractivity (Wildman–Crippen MR) is 102 cm³/mol. The monoisotopic (exact) mass is 376 g/mol. The van der Waals surface area contributed by atoms with Crippen LogP contribution in [-0.4, -0.2) is 43.7 Å². The molecule has 7 heteroatoms. The maximum atomic E-state index is 12.3. The van der Waals surface area contributed by atoms with Gasteiger partial charge >= 0.3 is 0 Å². The first-order chi connectivity index (χ1) is 12.5. The van der Waals surface area contributed by atoms with Gasteiger partial charge in [0.15, 0.2) is 5.76 Å². The summed E-state index contributed by atoms with van der Waals surface area (Å²) in [6.45, 7) is 0.942. The molecule has 1 heterocycles. The van der Waals surface area contributed by atoms with Crippen molar-refractivity contribution in [2.75, 3.05) is 27.0 Å². The molecule has 0 radical (unpaired) electrons. The zero-order valence-electron chi connectivity index (χ0n) is 15.3. The molecule has 0 saturated carbocycles. The van der Waals surface area contributed by atoms with Gasteiger partial charge in [0.25, 0.3) is 5.91 Å². The summed E-state index contributed by atoms with van der Waals surface area (Å²) in [5.74, 6) is 0.856. The van der Waals surface area contributed by atoms with Crippen LogP contribution in [0.2, 0.25) is 0 Å². The summed E-state index contributed by atoms with van der Waals surface area (Å²) in [4.78, 5) is 26.7. The molecule has 140 valence electrons. The fourth-order valence-corrected chi connectivity index (χ4v) is 3.02. The van der Waals surface area contributed by atoms with E-state index in [0.29, 0.717) is 25.9 Å². The van der Waals surface area contributed by atoms with E-state index in [9.17, 15) is 9.59 Å². The Morgan fingerprint density at radius 3 is 2.77 bits per heavy atom. The molecule has 0 aliphatic heterocycles. The number of benzene rings is 1. The lowest BCUT2D eigenvalue weighted by Crippen LogP contribution is -2.28. The standard InChI is InChI=1S/C19H24N2O4S/c1-21(13-14-8-9-17(26-3)16(12-14)24-2)18(22)7-4-10-20-19(23)15-6-5-11-25-15/h5-6,8-9,11-12H,4,7,10,13H2,1-3H3,(H,20,23). The molecule has 1 aromatic carbocycles. The number of carbonyl (C=O) groups excluding carboxylic acids is 2. The summed E-state index contributed by atoms with van der Waals surface area (Å²) in [6, 6.07) is 9.22. The third-order valence-electron chi connectivity index (χ3n) is 3.89. The molecule has 6 nitrogen and oxygen atoms in total. The number of nitrogens with zero attached hydrogens (tertiary/aromatic N) is 1. The lowest BCUT2D eigenvalue weighted by molar-refractivity contribution is -0.130. The average molecular weight is 376 g/mol. The van der Waals surface area contributed by atoms with Crippen LogP contribution in [0.1, 0.15) is 29.0 Å². The fraction of sp³-hybridized carbons (Fsp3) is 0.368. The molecule has 0 atom stereocenters. The van der Waals surface area contributed by atoms with Crippen molar-refractivity contribution in [3.05, 3.63) is 47.9 Å². The molecule has 0 unspecified atom stereocenters. The van der Waals surface area contributed by atoms with Crippen molar-refractivity contribution in [1.82, 2.24) is 10.2 Å². The molecule has 26 heavy (non-hydrogen) atoms. The van der Waals surface area contributed by atoms with E-state index in [1.807, 2.05) is 24.5 Å². The fourth-order valence-electron chi connectivity index (χ4n) is 2.47. The summed E-state index contributed by atoms with van der Waals surface area (Å²) in [6.07, 6.45) is 4.39. The van der Waals surface area contributed by atoms with Gasteiger partial charge in [0.1, 0.15) is 5.75 Å². The third-order valence-corrected chi connectivity index (χ3v) is 4.67. The topological polar surface area (TPSA) is 71.8 Å². The van der Waals surface area contributed by atoms with Gasteiger partial charge < -0.3 is 19.4 Å². The van der Waals surface area contributed by atoms with Crippen LogP contribution in [0, 0.1) is 0 Å². The van der Waals surface area contributed by atoms with Crippen LogP contribution in [0.3, 0.4) is 0 Å². The van der Waals surface area contributed by atoms with Crippen molar-refractivity contribution in [2.45, 2.75) is 24.3 Å². The van der Waals surface area contributed by atoms with Gasteiger partial charge in [-0.1, -0.05) is 6.07 Å². The maximum absolute atomic E-state index is 12.3. The lowest BCUT2D eigenvalue weighted by atomic mass is 10.2. The zero-order chi connectivity index (χ0) is 18.9. The Balaban J connectivity index is 1.76. The van der Waals surface area contributed by atoms with E-state index >= 15 is 0 Å². The van der Waals surface area contributed by atoms with Crippen molar-refractivity contribution >= 4 is 23.6 Å². The Morgan fingerprint density at radius 2 is 2.12 bits per heavy atom. The van der Waals surface area contributed by atoms with Gasteiger partial charge in [-0.05, 0) is 42.5 Å². The van der Waals surface area contributed by atoms with Crippen LogP contribution in [-0.2, 0) is 11.3 Å². The van der Waals surface area contributed by atoms with Gasteiger partial charge in [-0.2, -0.15) is 0 Å². The number of hydrogen-bond acceptors (Lipinski definition) is 5. The van der Waals surface area contributed by atoms with Gasteiger partial charge in [-0.3, -0.25) is 9.59 Å². The molecule has 1 aromatic heterocycles. The minimum Gasteiger partial charge on any atom is -0.496 e. The SMILES string of the molecule is COc1cc(CN(C)C(=O)CCCNC(=O)c2ccco2)ccc1SC. The smallest absolute Gasteiger partial charge is 0.286 e. The van der Waals surface area contributed by atoms with Crippen molar-refractivity contribution in [2.24, 2.45) is 0 Å².